The molecule has 0 radical (unpaired) electrons. The summed E-state index contributed by atoms with van der Waals surface area (Å²) in [5, 5.41) is 12.0. The van der Waals surface area contributed by atoms with Crippen molar-refractivity contribution in [3.63, 3.8) is 0 Å². The van der Waals surface area contributed by atoms with Gasteiger partial charge < -0.3 is 14.3 Å². The first-order valence-electron chi connectivity index (χ1n) is 6.06. The van der Waals surface area contributed by atoms with Crippen molar-refractivity contribution < 1.29 is 9.21 Å². The average molecular weight is 292 g/mol. The lowest BCUT2D eigenvalue weighted by Gasteiger charge is -2.11. The Labute approximate surface area is 121 Å². The van der Waals surface area contributed by atoms with Crippen LogP contribution in [0.4, 0.5) is 5.82 Å². The van der Waals surface area contributed by atoms with Gasteiger partial charge in [0.2, 0.25) is 5.91 Å². The zero-order chi connectivity index (χ0) is 14.7. The number of rotatable bonds is 4. The highest BCUT2D eigenvalue weighted by molar-refractivity contribution is 6.29. The third-order valence-electron chi connectivity index (χ3n) is 3.21. The van der Waals surface area contributed by atoms with Crippen molar-refractivity contribution in [2.45, 2.75) is 20.4 Å². The van der Waals surface area contributed by atoms with E-state index in [1.54, 1.807) is 12.3 Å². The first-order valence-corrected chi connectivity index (χ1v) is 6.60. The van der Waals surface area contributed by atoms with Gasteiger partial charge in [-0.1, -0.05) is 0 Å². The van der Waals surface area contributed by atoms with Crippen LogP contribution in [-0.2, 0) is 11.3 Å². The molecule has 2 rings (SSSR count). The number of amides is 1. The van der Waals surface area contributed by atoms with Gasteiger partial charge in [-0.05, 0) is 31.5 Å². The zero-order valence-electron chi connectivity index (χ0n) is 11.2. The number of alkyl halides is 1. The quantitative estimate of drug-likeness (QED) is 0.881. The molecule has 0 fully saturated rings. The Morgan fingerprint density at radius 2 is 2.30 bits per heavy atom. The van der Waals surface area contributed by atoms with Crippen LogP contribution >= 0.6 is 11.6 Å². The van der Waals surface area contributed by atoms with E-state index in [9.17, 15) is 10.1 Å². The van der Waals surface area contributed by atoms with E-state index < -0.39 is 0 Å². The molecule has 6 heteroatoms. The Kier molecular flexibility index (Phi) is 4.16. The van der Waals surface area contributed by atoms with Crippen LogP contribution in [0.3, 0.4) is 0 Å². The van der Waals surface area contributed by atoms with Gasteiger partial charge in [-0.15, -0.1) is 11.6 Å². The van der Waals surface area contributed by atoms with Crippen molar-refractivity contribution in [3.05, 3.63) is 41.0 Å². The summed E-state index contributed by atoms with van der Waals surface area (Å²) < 4.78 is 7.16. The third kappa shape index (κ3) is 2.56. The lowest BCUT2D eigenvalue weighted by molar-refractivity contribution is -0.114. The Balaban J connectivity index is 2.48. The van der Waals surface area contributed by atoms with Crippen molar-refractivity contribution in [3.8, 4) is 6.07 Å². The number of nitrogens with one attached hydrogen (secondary N) is 1. The SMILES string of the molecule is Cc1c(C#N)c(NC(=O)CCl)n(Cc2ccco2)c1C. The minimum Gasteiger partial charge on any atom is -0.467 e. The maximum atomic E-state index is 11.5. The third-order valence-corrected chi connectivity index (χ3v) is 3.46. The molecular weight excluding hydrogens is 278 g/mol. The van der Waals surface area contributed by atoms with Gasteiger partial charge in [0, 0.05) is 5.69 Å². The molecule has 0 saturated heterocycles. The van der Waals surface area contributed by atoms with Crippen LogP contribution in [0.25, 0.3) is 0 Å². The average Bonchev–Trinajstić information content (AvgIpc) is 3.02. The predicted molar refractivity (Wildman–Crippen MR) is 75.8 cm³/mol. The van der Waals surface area contributed by atoms with E-state index in [0.717, 1.165) is 17.0 Å². The van der Waals surface area contributed by atoms with Crippen molar-refractivity contribution in [1.29, 1.82) is 5.26 Å². The minimum atomic E-state index is -0.346. The van der Waals surface area contributed by atoms with Crippen LogP contribution in [0.5, 0.6) is 0 Å². The highest BCUT2D eigenvalue weighted by atomic mass is 35.5. The van der Waals surface area contributed by atoms with Gasteiger partial charge in [-0.2, -0.15) is 5.26 Å². The number of hydrogen-bond donors (Lipinski definition) is 1. The summed E-state index contributed by atoms with van der Waals surface area (Å²) in [5.74, 6) is 0.703. The molecule has 0 aliphatic rings. The van der Waals surface area contributed by atoms with Gasteiger partial charge in [-0.25, -0.2) is 0 Å². The fourth-order valence-electron chi connectivity index (χ4n) is 2.05. The van der Waals surface area contributed by atoms with E-state index in [0.29, 0.717) is 17.9 Å². The van der Waals surface area contributed by atoms with E-state index in [-0.39, 0.29) is 11.8 Å². The Hall–Kier alpha value is -2.19. The smallest absolute Gasteiger partial charge is 0.240 e. The largest absolute Gasteiger partial charge is 0.467 e. The van der Waals surface area contributed by atoms with E-state index in [1.165, 1.54) is 0 Å². The highest BCUT2D eigenvalue weighted by Gasteiger charge is 2.19. The number of anilines is 1. The van der Waals surface area contributed by atoms with E-state index in [1.807, 2.05) is 24.5 Å². The number of halogens is 1. The first kappa shape index (κ1) is 14.2. The molecule has 0 aliphatic carbocycles. The number of hydrogen-bond acceptors (Lipinski definition) is 3. The maximum Gasteiger partial charge on any atom is 0.240 e. The number of nitriles is 1. The van der Waals surface area contributed by atoms with Crippen LogP contribution in [0, 0.1) is 25.2 Å². The number of carbonyl (C=O) groups is 1. The minimum absolute atomic E-state index is 0.158. The summed E-state index contributed by atoms with van der Waals surface area (Å²) in [6.07, 6.45) is 1.59. The Bertz CT molecular complexity index is 666. The molecule has 104 valence electrons. The molecule has 2 aromatic heterocycles. The number of carbonyl (C=O) groups excluding carboxylic acids is 1. The Morgan fingerprint density at radius 3 is 2.85 bits per heavy atom. The molecule has 0 unspecified atom stereocenters. The summed E-state index contributed by atoms with van der Waals surface area (Å²) in [6, 6.07) is 5.76. The highest BCUT2D eigenvalue weighted by Crippen LogP contribution is 2.27. The zero-order valence-corrected chi connectivity index (χ0v) is 12.0. The fourth-order valence-corrected chi connectivity index (χ4v) is 2.12. The molecular formula is C14H14ClN3O2. The molecule has 1 N–H and O–H groups in total. The molecule has 2 aromatic rings. The molecule has 0 bridgehead atoms. The van der Waals surface area contributed by atoms with Gasteiger partial charge >= 0.3 is 0 Å². The van der Waals surface area contributed by atoms with Crippen LogP contribution in [0.2, 0.25) is 0 Å². The number of furan rings is 1. The number of aromatic nitrogens is 1. The second kappa shape index (κ2) is 5.85. The summed E-state index contributed by atoms with van der Waals surface area (Å²) in [7, 11) is 0. The van der Waals surface area contributed by atoms with Crippen LogP contribution in [0.1, 0.15) is 22.6 Å². The van der Waals surface area contributed by atoms with E-state index in [4.69, 9.17) is 16.0 Å². The van der Waals surface area contributed by atoms with E-state index in [2.05, 4.69) is 11.4 Å². The molecule has 5 nitrogen and oxygen atoms in total. The maximum absolute atomic E-state index is 11.5. The lowest BCUT2D eigenvalue weighted by atomic mass is 10.2. The molecule has 0 spiro atoms. The van der Waals surface area contributed by atoms with Gasteiger partial charge in [0.15, 0.2) is 0 Å². The molecule has 0 aromatic carbocycles. The van der Waals surface area contributed by atoms with Crippen LogP contribution in [-0.4, -0.2) is 16.4 Å². The molecule has 0 aliphatic heterocycles. The lowest BCUT2D eigenvalue weighted by Crippen LogP contribution is -2.17. The van der Waals surface area contributed by atoms with Crippen LogP contribution in [0.15, 0.2) is 22.8 Å². The van der Waals surface area contributed by atoms with Crippen LogP contribution < -0.4 is 5.32 Å². The molecule has 20 heavy (non-hydrogen) atoms. The molecule has 1 amide bonds. The molecule has 0 saturated carbocycles. The topological polar surface area (TPSA) is 71.0 Å². The van der Waals surface area contributed by atoms with Gasteiger partial charge in [-0.3, -0.25) is 4.79 Å². The first-order chi connectivity index (χ1) is 9.58. The van der Waals surface area contributed by atoms with Crippen molar-refractivity contribution in [1.82, 2.24) is 4.57 Å². The second-order valence-corrected chi connectivity index (χ2v) is 4.66. The van der Waals surface area contributed by atoms with Gasteiger partial charge in [0.1, 0.15) is 23.5 Å². The van der Waals surface area contributed by atoms with E-state index >= 15 is 0 Å². The number of nitrogens with zero attached hydrogens (tertiary/aromatic N) is 2. The van der Waals surface area contributed by atoms with Crippen molar-refractivity contribution >= 4 is 23.3 Å². The molecule has 2 heterocycles. The predicted octanol–water partition coefficient (Wildman–Crippen LogP) is 2.80. The Morgan fingerprint density at radius 1 is 1.55 bits per heavy atom. The van der Waals surface area contributed by atoms with Gasteiger partial charge in [0.25, 0.3) is 0 Å². The standard InChI is InChI=1S/C14H14ClN3O2/c1-9-10(2)18(8-11-4-3-5-20-11)14(12(9)7-16)17-13(19)6-15/h3-5H,6,8H2,1-2H3,(H,17,19). The normalized spacial score (nSPS) is 10.3. The van der Waals surface area contributed by atoms with Crippen molar-refractivity contribution in [2.75, 3.05) is 11.2 Å². The summed E-state index contributed by atoms with van der Waals surface area (Å²) in [4.78, 5) is 11.5. The monoisotopic (exact) mass is 291 g/mol. The van der Waals surface area contributed by atoms with Crippen molar-refractivity contribution in [2.24, 2.45) is 0 Å². The van der Waals surface area contributed by atoms with Gasteiger partial charge in [0.05, 0.1) is 18.4 Å². The molecule has 0 atom stereocenters. The summed E-state index contributed by atoms with van der Waals surface area (Å²) in [5.41, 5.74) is 2.19. The fraction of sp³-hybridized carbons (Fsp3) is 0.286. The summed E-state index contributed by atoms with van der Waals surface area (Å²) >= 11 is 5.52. The summed E-state index contributed by atoms with van der Waals surface area (Å²) in [6.45, 7) is 4.19. The second-order valence-electron chi connectivity index (χ2n) is 4.39.